The number of fused-ring (bicyclic) bond motifs is 2. The van der Waals surface area contributed by atoms with Crippen LogP contribution in [0.25, 0.3) is 21.0 Å². The summed E-state index contributed by atoms with van der Waals surface area (Å²) in [4.78, 5) is 16.7. The number of thiazole rings is 1. The molecule has 4 rings (SSSR count). The molecule has 1 heterocycles. The van der Waals surface area contributed by atoms with Crippen LogP contribution in [0, 0.1) is 0 Å². The zero-order valence-electron chi connectivity index (χ0n) is 15.8. The Hall–Kier alpha value is -2.90. The second-order valence-electron chi connectivity index (χ2n) is 6.16. The van der Waals surface area contributed by atoms with Gasteiger partial charge in [0, 0.05) is 5.56 Å². The number of hydrogen-bond donors (Lipinski definition) is 1. The number of hydrazone groups is 1. The van der Waals surface area contributed by atoms with E-state index in [0.29, 0.717) is 6.61 Å². The maximum absolute atomic E-state index is 12.2. The van der Waals surface area contributed by atoms with Gasteiger partial charge >= 0.3 is 0 Å². The van der Waals surface area contributed by atoms with Crippen LogP contribution in [-0.2, 0) is 4.79 Å². The Morgan fingerprint density at radius 3 is 2.86 bits per heavy atom. The fourth-order valence-corrected chi connectivity index (χ4v) is 4.79. The predicted molar refractivity (Wildman–Crippen MR) is 121 cm³/mol. The molecule has 7 heteroatoms. The Bertz CT molecular complexity index is 1150. The number of nitrogens with one attached hydrogen (secondary N) is 1. The van der Waals surface area contributed by atoms with Crippen LogP contribution in [0.5, 0.6) is 5.75 Å². The van der Waals surface area contributed by atoms with E-state index in [-0.39, 0.29) is 11.7 Å². The van der Waals surface area contributed by atoms with E-state index in [4.69, 9.17) is 4.74 Å². The summed E-state index contributed by atoms with van der Waals surface area (Å²) in [6, 6.07) is 19.9. The number of para-hydroxylation sites is 1. The highest BCUT2D eigenvalue weighted by atomic mass is 32.2. The van der Waals surface area contributed by atoms with Gasteiger partial charge in [0.25, 0.3) is 5.91 Å². The molecule has 0 atom stereocenters. The van der Waals surface area contributed by atoms with Gasteiger partial charge in [-0.05, 0) is 35.9 Å². The molecule has 1 amide bonds. The summed E-state index contributed by atoms with van der Waals surface area (Å²) in [6.45, 7) is 2.50. The van der Waals surface area contributed by atoms with E-state index in [1.807, 2.05) is 67.6 Å². The van der Waals surface area contributed by atoms with Gasteiger partial charge in [0.05, 0.1) is 28.8 Å². The lowest BCUT2D eigenvalue weighted by molar-refractivity contribution is -0.118. The van der Waals surface area contributed by atoms with Crippen LogP contribution in [0.1, 0.15) is 12.5 Å². The average molecular weight is 422 g/mol. The Morgan fingerprint density at radius 1 is 1.17 bits per heavy atom. The number of thioether (sulfide) groups is 1. The molecule has 29 heavy (non-hydrogen) atoms. The number of ether oxygens (including phenoxy) is 1. The van der Waals surface area contributed by atoms with E-state index in [1.54, 1.807) is 17.6 Å². The second-order valence-corrected chi connectivity index (χ2v) is 8.41. The lowest BCUT2D eigenvalue weighted by Gasteiger charge is -2.10. The van der Waals surface area contributed by atoms with Crippen LogP contribution >= 0.6 is 23.1 Å². The molecule has 0 saturated carbocycles. The van der Waals surface area contributed by atoms with Crippen molar-refractivity contribution in [3.8, 4) is 5.75 Å². The van der Waals surface area contributed by atoms with Gasteiger partial charge in [0.15, 0.2) is 4.34 Å². The van der Waals surface area contributed by atoms with Gasteiger partial charge in [0.2, 0.25) is 0 Å². The van der Waals surface area contributed by atoms with Gasteiger partial charge in [-0.15, -0.1) is 11.3 Å². The minimum atomic E-state index is -0.177. The highest BCUT2D eigenvalue weighted by Gasteiger charge is 2.09. The molecule has 1 aromatic heterocycles. The molecule has 0 fully saturated rings. The summed E-state index contributed by atoms with van der Waals surface area (Å²) < 4.78 is 7.71. The standard InChI is InChI=1S/C22H19N3O2S2/c1-2-27-19-12-11-15-7-3-4-8-16(15)17(19)13-23-25-21(26)14-28-22-24-18-9-5-6-10-20(18)29-22/h3-13H,2,14H2,1H3,(H,25,26). The van der Waals surface area contributed by atoms with Crippen molar-refractivity contribution < 1.29 is 9.53 Å². The van der Waals surface area contributed by atoms with E-state index in [1.165, 1.54) is 11.8 Å². The van der Waals surface area contributed by atoms with Gasteiger partial charge in [-0.25, -0.2) is 10.4 Å². The van der Waals surface area contributed by atoms with Crippen LogP contribution < -0.4 is 10.2 Å². The molecule has 0 aliphatic rings. The topological polar surface area (TPSA) is 63.6 Å². The third-order valence-electron chi connectivity index (χ3n) is 4.21. The van der Waals surface area contributed by atoms with Crippen molar-refractivity contribution in [2.75, 3.05) is 12.4 Å². The van der Waals surface area contributed by atoms with Crippen molar-refractivity contribution in [3.63, 3.8) is 0 Å². The van der Waals surface area contributed by atoms with Crippen molar-refractivity contribution >= 4 is 56.2 Å². The summed E-state index contributed by atoms with van der Waals surface area (Å²) in [5.41, 5.74) is 4.41. The first-order valence-electron chi connectivity index (χ1n) is 9.19. The van der Waals surface area contributed by atoms with Gasteiger partial charge in [-0.1, -0.05) is 54.2 Å². The Labute approximate surface area is 176 Å². The second kappa shape index (κ2) is 9.07. The van der Waals surface area contributed by atoms with E-state index >= 15 is 0 Å². The van der Waals surface area contributed by atoms with Gasteiger partial charge < -0.3 is 4.74 Å². The average Bonchev–Trinajstić information content (AvgIpc) is 3.17. The molecular formula is C22H19N3O2S2. The Kier molecular flexibility index (Phi) is 6.07. The molecule has 0 saturated heterocycles. The number of carbonyl (C=O) groups excluding carboxylic acids is 1. The summed E-state index contributed by atoms with van der Waals surface area (Å²) >= 11 is 3.00. The molecule has 0 aliphatic carbocycles. The van der Waals surface area contributed by atoms with Gasteiger partial charge in [0.1, 0.15) is 5.75 Å². The van der Waals surface area contributed by atoms with Crippen molar-refractivity contribution in [3.05, 3.63) is 66.2 Å². The van der Waals surface area contributed by atoms with E-state index in [2.05, 4.69) is 15.5 Å². The molecule has 0 radical (unpaired) electrons. The molecule has 0 aliphatic heterocycles. The molecule has 0 bridgehead atoms. The van der Waals surface area contributed by atoms with E-state index < -0.39 is 0 Å². The first-order chi connectivity index (χ1) is 14.2. The normalized spacial score (nSPS) is 11.3. The van der Waals surface area contributed by atoms with Crippen LogP contribution in [-0.4, -0.2) is 29.5 Å². The summed E-state index contributed by atoms with van der Waals surface area (Å²) in [5.74, 6) is 0.821. The van der Waals surface area contributed by atoms with Gasteiger partial charge in [-0.2, -0.15) is 5.10 Å². The summed E-state index contributed by atoms with van der Waals surface area (Å²) in [5, 5.41) is 6.28. The summed E-state index contributed by atoms with van der Waals surface area (Å²) in [6.07, 6.45) is 1.65. The number of hydrogen-bond acceptors (Lipinski definition) is 6. The smallest absolute Gasteiger partial charge is 0.250 e. The molecule has 0 unspecified atom stereocenters. The maximum atomic E-state index is 12.2. The van der Waals surface area contributed by atoms with Crippen molar-refractivity contribution in [2.45, 2.75) is 11.3 Å². The first-order valence-corrected chi connectivity index (χ1v) is 11.0. The SMILES string of the molecule is CCOc1ccc2ccccc2c1C=NNC(=O)CSc1nc2ccccc2s1. The molecule has 1 N–H and O–H groups in total. The lowest BCUT2D eigenvalue weighted by Crippen LogP contribution is -2.19. The highest BCUT2D eigenvalue weighted by Crippen LogP contribution is 2.29. The third kappa shape index (κ3) is 4.58. The van der Waals surface area contributed by atoms with Gasteiger partial charge in [-0.3, -0.25) is 4.79 Å². The molecule has 3 aromatic carbocycles. The number of benzene rings is 3. The molecule has 5 nitrogen and oxygen atoms in total. The lowest BCUT2D eigenvalue weighted by atomic mass is 10.0. The zero-order chi connectivity index (χ0) is 20.1. The highest BCUT2D eigenvalue weighted by molar-refractivity contribution is 8.01. The Balaban J connectivity index is 1.42. The van der Waals surface area contributed by atoms with Crippen LogP contribution in [0.2, 0.25) is 0 Å². The first kappa shape index (κ1) is 19.4. The monoisotopic (exact) mass is 421 g/mol. The molecule has 4 aromatic rings. The number of amides is 1. The predicted octanol–water partition coefficient (Wildman–Crippen LogP) is 5.09. The largest absolute Gasteiger partial charge is 0.493 e. The van der Waals surface area contributed by atoms with E-state index in [0.717, 1.165) is 36.6 Å². The van der Waals surface area contributed by atoms with E-state index in [9.17, 15) is 4.79 Å². The Morgan fingerprint density at radius 2 is 2.00 bits per heavy atom. The van der Waals surface area contributed by atoms with Crippen molar-refractivity contribution in [2.24, 2.45) is 5.10 Å². The number of carbonyl (C=O) groups is 1. The number of aromatic nitrogens is 1. The van der Waals surface area contributed by atoms with Crippen LogP contribution in [0.15, 0.2) is 70.1 Å². The zero-order valence-corrected chi connectivity index (χ0v) is 17.4. The molecular weight excluding hydrogens is 402 g/mol. The van der Waals surface area contributed by atoms with Crippen molar-refractivity contribution in [1.82, 2.24) is 10.4 Å². The third-order valence-corrected chi connectivity index (χ3v) is 6.39. The number of nitrogens with zero attached hydrogens (tertiary/aromatic N) is 2. The maximum Gasteiger partial charge on any atom is 0.250 e. The van der Waals surface area contributed by atoms with Crippen LogP contribution in [0.3, 0.4) is 0 Å². The van der Waals surface area contributed by atoms with Crippen LogP contribution in [0.4, 0.5) is 0 Å². The van der Waals surface area contributed by atoms with Crippen molar-refractivity contribution in [1.29, 1.82) is 0 Å². The minimum Gasteiger partial charge on any atom is -0.493 e. The fourth-order valence-electron chi connectivity index (χ4n) is 2.93. The summed E-state index contributed by atoms with van der Waals surface area (Å²) in [7, 11) is 0. The number of rotatable bonds is 7. The minimum absolute atomic E-state index is 0.177. The molecule has 146 valence electrons. The molecule has 0 spiro atoms. The quantitative estimate of drug-likeness (QED) is 0.256. The fraction of sp³-hybridized carbons (Fsp3) is 0.136.